The molecule has 24 heavy (non-hydrogen) atoms. The van der Waals surface area contributed by atoms with Gasteiger partial charge in [0.25, 0.3) is 0 Å². The summed E-state index contributed by atoms with van der Waals surface area (Å²) in [6.07, 6.45) is 1.61. The van der Waals surface area contributed by atoms with E-state index < -0.39 is 12.0 Å². The minimum Gasteiger partial charge on any atom is -0.494 e. The molecule has 0 saturated carbocycles. The lowest BCUT2D eigenvalue weighted by molar-refractivity contribution is -0.142. The molecule has 0 aliphatic carbocycles. The number of likely N-dealkylation sites (tertiary alicyclic amines) is 1. The maximum Gasteiger partial charge on any atom is 0.320 e. The summed E-state index contributed by atoms with van der Waals surface area (Å²) in [4.78, 5) is 15.0. The van der Waals surface area contributed by atoms with Crippen molar-refractivity contribution in [3.05, 3.63) is 51.7 Å². The molecular weight excluding hydrogens is 322 g/mol. The van der Waals surface area contributed by atoms with Gasteiger partial charge in [0.15, 0.2) is 0 Å². The zero-order valence-electron chi connectivity index (χ0n) is 14.1. The molecule has 2 aromatic rings. The van der Waals surface area contributed by atoms with Gasteiger partial charge in [0.2, 0.25) is 0 Å². The molecule has 0 spiro atoms. The van der Waals surface area contributed by atoms with E-state index in [1.165, 1.54) is 10.4 Å². The second-order valence-corrected chi connectivity index (χ2v) is 7.08. The Morgan fingerprint density at radius 1 is 1.46 bits per heavy atom. The number of ether oxygens (including phenoxy) is 1. The molecule has 2 atom stereocenters. The van der Waals surface area contributed by atoms with Gasteiger partial charge in [-0.1, -0.05) is 18.2 Å². The normalized spacial score (nSPS) is 19.3. The van der Waals surface area contributed by atoms with Crippen LogP contribution in [0.2, 0.25) is 0 Å². The van der Waals surface area contributed by atoms with Crippen molar-refractivity contribution >= 4 is 17.3 Å². The molecule has 1 N–H and O–H groups in total. The van der Waals surface area contributed by atoms with Gasteiger partial charge >= 0.3 is 5.97 Å². The molecule has 1 aliphatic rings. The third-order valence-corrected chi connectivity index (χ3v) is 5.55. The van der Waals surface area contributed by atoms with Gasteiger partial charge in [0.1, 0.15) is 11.8 Å². The summed E-state index contributed by atoms with van der Waals surface area (Å²) in [6, 6.07) is 9.64. The predicted octanol–water partition coefficient (Wildman–Crippen LogP) is 4.09. The third kappa shape index (κ3) is 3.32. The van der Waals surface area contributed by atoms with Crippen molar-refractivity contribution in [2.75, 3.05) is 13.2 Å². The molecule has 2 unspecified atom stereocenters. The summed E-state index contributed by atoms with van der Waals surface area (Å²) >= 11 is 1.69. The Labute approximate surface area is 146 Å². The van der Waals surface area contributed by atoms with Gasteiger partial charge in [-0.25, -0.2) is 0 Å². The van der Waals surface area contributed by atoms with Gasteiger partial charge in [-0.2, -0.15) is 0 Å². The first-order valence-electron chi connectivity index (χ1n) is 8.37. The van der Waals surface area contributed by atoms with E-state index in [-0.39, 0.29) is 6.04 Å². The summed E-state index contributed by atoms with van der Waals surface area (Å²) in [5, 5.41) is 11.8. The number of nitrogens with zero attached hydrogens (tertiary/aromatic N) is 1. The van der Waals surface area contributed by atoms with E-state index in [4.69, 9.17) is 4.74 Å². The van der Waals surface area contributed by atoms with Gasteiger partial charge in [0, 0.05) is 17.0 Å². The standard InChI is InChI=1S/C19H23NO3S/c1-3-23-16-9-5-4-7-14(16)18(17-11-13(2)12-24-17)20-10-6-8-15(20)19(21)22/h4-5,7,9,11-12,15,18H,3,6,8,10H2,1-2H3,(H,21,22). The first kappa shape index (κ1) is 17.0. The molecule has 1 fully saturated rings. The molecule has 5 heteroatoms. The molecule has 1 aliphatic heterocycles. The lowest BCUT2D eigenvalue weighted by Crippen LogP contribution is -2.39. The SMILES string of the molecule is CCOc1ccccc1C(c1cc(C)cs1)N1CCCC1C(=O)O. The van der Waals surface area contributed by atoms with Crippen molar-refractivity contribution in [3.63, 3.8) is 0 Å². The number of para-hydroxylation sites is 1. The molecule has 2 heterocycles. The maximum absolute atomic E-state index is 11.7. The van der Waals surface area contributed by atoms with Crippen LogP contribution in [0.5, 0.6) is 5.75 Å². The fraction of sp³-hybridized carbons (Fsp3) is 0.421. The first-order valence-corrected chi connectivity index (χ1v) is 9.25. The fourth-order valence-electron chi connectivity index (χ4n) is 3.45. The Morgan fingerprint density at radius 3 is 2.92 bits per heavy atom. The zero-order valence-corrected chi connectivity index (χ0v) is 14.9. The monoisotopic (exact) mass is 345 g/mol. The molecule has 1 aromatic heterocycles. The topological polar surface area (TPSA) is 49.8 Å². The van der Waals surface area contributed by atoms with E-state index >= 15 is 0 Å². The van der Waals surface area contributed by atoms with Gasteiger partial charge in [-0.05, 0) is 49.8 Å². The molecular formula is C19H23NO3S. The van der Waals surface area contributed by atoms with Crippen LogP contribution in [0.15, 0.2) is 35.7 Å². The van der Waals surface area contributed by atoms with Crippen LogP contribution in [-0.2, 0) is 4.79 Å². The number of carbonyl (C=O) groups is 1. The van der Waals surface area contributed by atoms with Crippen molar-refractivity contribution in [2.45, 2.75) is 38.8 Å². The molecule has 0 radical (unpaired) electrons. The minimum absolute atomic E-state index is 0.0740. The average Bonchev–Trinajstić information content (AvgIpc) is 3.19. The number of thiophene rings is 1. The van der Waals surface area contributed by atoms with Crippen molar-refractivity contribution in [1.29, 1.82) is 0 Å². The second kappa shape index (κ2) is 7.36. The highest BCUT2D eigenvalue weighted by molar-refractivity contribution is 7.10. The van der Waals surface area contributed by atoms with Gasteiger partial charge in [-0.15, -0.1) is 11.3 Å². The van der Waals surface area contributed by atoms with E-state index in [1.54, 1.807) is 11.3 Å². The van der Waals surface area contributed by atoms with Crippen molar-refractivity contribution in [3.8, 4) is 5.75 Å². The number of carboxylic acids is 1. The van der Waals surface area contributed by atoms with Crippen LogP contribution in [0.4, 0.5) is 0 Å². The second-order valence-electron chi connectivity index (χ2n) is 6.13. The molecule has 4 nitrogen and oxygen atoms in total. The molecule has 1 saturated heterocycles. The fourth-order valence-corrected chi connectivity index (χ4v) is 4.48. The number of carboxylic acid groups (broad SMARTS) is 1. The van der Waals surface area contributed by atoms with E-state index in [0.717, 1.165) is 24.3 Å². The summed E-state index contributed by atoms with van der Waals surface area (Å²) in [5.74, 6) is 0.103. The lowest BCUT2D eigenvalue weighted by atomic mass is 10.0. The highest BCUT2D eigenvalue weighted by atomic mass is 32.1. The smallest absolute Gasteiger partial charge is 0.320 e. The van der Waals surface area contributed by atoms with Crippen LogP contribution in [-0.4, -0.2) is 35.2 Å². The lowest BCUT2D eigenvalue weighted by Gasteiger charge is -2.32. The van der Waals surface area contributed by atoms with E-state index in [0.29, 0.717) is 13.0 Å². The van der Waals surface area contributed by atoms with Crippen molar-refractivity contribution < 1.29 is 14.6 Å². The molecule has 1 aromatic carbocycles. The molecule has 0 bridgehead atoms. The van der Waals surface area contributed by atoms with Crippen LogP contribution in [0.1, 0.15) is 41.8 Å². The Bertz CT molecular complexity index is 712. The summed E-state index contributed by atoms with van der Waals surface area (Å²) in [6.45, 7) is 5.43. The number of rotatable bonds is 6. The number of aliphatic carboxylic acids is 1. The molecule has 128 valence electrons. The number of aryl methyl sites for hydroxylation is 1. The highest BCUT2D eigenvalue weighted by Gasteiger charge is 2.38. The van der Waals surface area contributed by atoms with Crippen LogP contribution in [0, 0.1) is 6.92 Å². The largest absolute Gasteiger partial charge is 0.494 e. The zero-order chi connectivity index (χ0) is 17.1. The average molecular weight is 345 g/mol. The van der Waals surface area contributed by atoms with E-state index in [1.807, 2.05) is 25.1 Å². The van der Waals surface area contributed by atoms with Gasteiger partial charge in [-0.3, -0.25) is 9.69 Å². The van der Waals surface area contributed by atoms with Crippen molar-refractivity contribution in [2.24, 2.45) is 0 Å². The van der Waals surface area contributed by atoms with Crippen molar-refractivity contribution in [1.82, 2.24) is 4.90 Å². The van der Waals surface area contributed by atoms with E-state index in [9.17, 15) is 9.90 Å². The predicted molar refractivity (Wildman–Crippen MR) is 95.9 cm³/mol. The number of benzene rings is 1. The number of hydrogen-bond acceptors (Lipinski definition) is 4. The Kier molecular flexibility index (Phi) is 5.21. The summed E-state index contributed by atoms with van der Waals surface area (Å²) < 4.78 is 5.83. The quantitative estimate of drug-likeness (QED) is 0.856. The maximum atomic E-state index is 11.7. The van der Waals surface area contributed by atoms with E-state index in [2.05, 4.69) is 29.3 Å². The molecule has 3 rings (SSSR count). The molecule has 0 amide bonds. The minimum atomic E-state index is -0.736. The first-order chi connectivity index (χ1) is 11.6. The number of hydrogen-bond donors (Lipinski definition) is 1. The summed E-state index contributed by atoms with van der Waals surface area (Å²) in [5.41, 5.74) is 2.26. The highest BCUT2D eigenvalue weighted by Crippen LogP contribution is 2.41. The van der Waals surface area contributed by atoms with Crippen LogP contribution >= 0.6 is 11.3 Å². The Morgan fingerprint density at radius 2 is 2.25 bits per heavy atom. The van der Waals surface area contributed by atoms with Gasteiger partial charge < -0.3 is 9.84 Å². The third-order valence-electron chi connectivity index (χ3n) is 4.44. The van der Waals surface area contributed by atoms with Crippen LogP contribution < -0.4 is 4.74 Å². The summed E-state index contributed by atoms with van der Waals surface area (Å²) in [7, 11) is 0. The van der Waals surface area contributed by atoms with Crippen LogP contribution in [0.3, 0.4) is 0 Å². The Hall–Kier alpha value is -1.85. The Balaban J connectivity index is 2.08. The van der Waals surface area contributed by atoms with Crippen LogP contribution in [0.25, 0.3) is 0 Å². The van der Waals surface area contributed by atoms with Gasteiger partial charge in [0.05, 0.1) is 12.6 Å².